The Morgan fingerprint density at radius 3 is 2.29 bits per heavy atom. The summed E-state index contributed by atoms with van der Waals surface area (Å²) >= 11 is 0. The van der Waals surface area contributed by atoms with Gasteiger partial charge >= 0.3 is 6.03 Å². The number of hydrogen-bond donors (Lipinski definition) is 1. The molecule has 0 saturated heterocycles. The first kappa shape index (κ1) is 13.6. The fourth-order valence-corrected chi connectivity index (χ4v) is 1.72. The number of rotatable bonds is 3. The molecule has 0 fully saturated rings. The predicted molar refractivity (Wildman–Crippen MR) is 61.2 cm³/mol. The van der Waals surface area contributed by atoms with Crippen molar-refractivity contribution >= 4 is 16.1 Å². The van der Waals surface area contributed by atoms with E-state index in [-0.39, 0.29) is 18.2 Å². The molecule has 1 aromatic heterocycles. The van der Waals surface area contributed by atoms with Gasteiger partial charge in [0.1, 0.15) is 0 Å². The highest BCUT2D eigenvalue weighted by molar-refractivity contribution is 7.85. The van der Waals surface area contributed by atoms with Gasteiger partial charge in [0.2, 0.25) is 0 Å². The fraction of sp³-hybridized carbons (Fsp3) is 0.400. The minimum Gasteiger partial charge on any atom is -0.286 e. The molecule has 0 aromatic carbocycles. The molecule has 0 saturated carbocycles. The van der Waals surface area contributed by atoms with E-state index in [1.165, 1.54) is 9.47 Å². The molecule has 0 atom stereocenters. The molecule has 0 aliphatic rings. The molecular weight excluding hydrogens is 244 g/mol. The van der Waals surface area contributed by atoms with Crippen LogP contribution in [0.25, 0.3) is 0 Å². The van der Waals surface area contributed by atoms with Gasteiger partial charge in [-0.25, -0.2) is 4.90 Å². The summed E-state index contributed by atoms with van der Waals surface area (Å²) in [6.45, 7) is 0. The second-order valence-electron chi connectivity index (χ2n) is 3.83. The van der Waals surface area contributed by atoms with Crippen molar-refractivity contribution in [2.24, 2.45) is 0 Å². The first-order chi connectivity index (χ1) is 7.79. The van der Waals surface area contributed by atoms with E-state index >= 15 is 0 Å². The molecule has 0 spiro atoms. The van der Waals surface area contributed by atoms with Crippen LogP contribution >= 0.6 is 0 Å². The third-order valence-corrected chi connectivity index (χ3v) is 2.87. The minimum absolute atomic E-state index is 0.189. The second kappa shape index (κ2) is 5.24. The monoisotopic (exact) mass is 259 g/mol. The van der Waals surface area contributed by atoms with E-state index in [1.807, 2.05) is 0 Å². The van der Waals surface area contributed by atoms with Crippen molar-refractivity contribution in [2.45, 2.75) is 6.42 Å². The van der Waals surface area contributed by atoms with E-state index in [1.54, 1.807) is 38.6 Å². The third kappa shape index (κ3) is 4.49. The van der Waals surface area contributed by atoms with Crippen molar-refractivity contribution < 1.29 is 22.3 Å². The van der Waals surface area contributed by atoms with Crippen LogP contribution in [0.2, 0.25) is 0 Å². The average molecular weight is 259 g/mol. The van der Waals surface area contributed by atoms with Crippen molar-refractivity contribution in [1.29, 1.82) is 0 Å². The van der Waals surface area contributed by atoms with Gasteiger partial charge < -0.3 is 0 Å². The lowest BCUT2D eigenvalue weighted by Crippen LogP contribution is -2.49. The van der Waals surface area contributed by atoms with E-state index in [0.717, 1.165) is 5.56 Å². The fourth-order valence-electron chi connectivity index (χ4n) is 1.23. The third-order valence-electron chi connectivity index (χ3n) is 2.15. The highest BCUT2D eigenvalue weighted by Gasteiger charge is 2.15. The molecular formula is C10H15N2O4S+. The summed E-state index contributed by atoms with van der Waals surface area (Å²) in [7, 11) is -0.663. The maximum atomic E-state index is 11.5. The smallest absolute Gasteiger partial charge is 0.286 e. The summed E-state index contributed by atoms with van der Waals surface area (Å²) in [6.07, 6.45) is 3.33. The topological polar surface area (TPSA) is 78.6 Å². The van der Waals surface area contributed by atoms with Gasteiger partial charge in [-0.2, -0.15) is 17.8 Å². The molecule has 1 amide bonds. The van der Waals surface area contributed by atoms with Gasteiger partial charge in [0, 0.05) is 0 Å². The molecule has 0 radical (unpaired) electrons. The summed E-state index contributed by atoms with van der Waals surface area (Å²) in [6, 6.07) is 3.10. The number of amides is 1. The van der Waals surface area contributed by atoms with Crippen LogP contribution in [-0.2, 0) is 16.5 Å². The number of carbonyl (C=O) groups excluding carboxylic acids is 1. The molecule has 6 nitrogen and oxygen atoms in total. The Kier molecular flexibility index (Phi) is 4.19. The molecule has 0 aliphatic heterocycles. The van der Waals surface area contributed by atoms with Crippen molar-refractivity contribution in [3.05, 3.63) is 30.1 Å². The second-order valence-corrected chi connectivity index (χ2v) is 5.40. The highest BCUT2D eigenvalue weighted by atomic mass is 32.2. The van der Waals surface area contributed by atoms with E-state index in [0.29, 0.717) is 0 Å². The Bertz CT molecular complexity index is 494. The summed E-state index contributed by atoms with van der Waals surface area (Å²) in [5.41, 5.74) is 0.741. The minimum atomic E-state index is -3.94. The molecule has 0 bridgehead atoms. The average Bonchev–Trinajstić information content (AvgIpc) is 2.25. The summed E-state index contributed by atoms with van der Waals surface area (Å²) in [5, 5.41) is 0. The van der Waals surface area contributed by atoms with Gasteiger partial charge in [0.15, 0.2) is 0 Å². The van der Waals surface area contributed by atoms with Crippen LogP contribution in [0.5, 0.6) is 0 Å². The van der Waals surface area contributed by atoms with Crippen molar-refractivity contribution in [2.75, 3.05) is 19.8 Å². The van der Waals surface area contributed by atoms with E-state index < -0.39 is 10.1 Å². The molecule has 17 heavy (non-hydrogen) atoms. The summed E-state index contributed by atoms with van der Waals surface area (Å²) < 4.78 is 31.1. The van der Waals surface area contributed by atoms with Crippen LogP contribution in [0, 0.1) is 0 Å². The lowest BCUT2D eigenvalue weighted by Gasteiger charge is -2.04. The summed E-state index contributed by atoms with van der Waals surface area (Å²) in [4.78, 5) is 13.0. The zero-order chi connectivity index (χ0) is 13.1. The maximum Gasteiger partial charge on any atom is 0.497 e. The van der Waals surface area contributed by atoms with Crippen LogP contribution in [0.4, 0.5) is 4.79 Å². The lowest BCUT2D eigenvalue weighted by atomic mass is 10.2. The summed E-state index contributed by atoms with van der Waals surface area (Å²) in [5.74, 6) is -0.321. The largest absolute Gasteiger partial charge is 0.497 e. The molecule has 1 aromatic rings. The number of hydrogen-bond acceptors (Lipinski definition) is 3. The lowest BCUT2D eigenvalue weighted by molar-refractivity contribution is -0.577. The van der Waals surface area contributed by atoms with E-state index in [4.69, 9.17) is 4.55 Å². The van der Waals surface area contributed by atoms with Crippen LogP contribution in [0.3, 0.4) is 0 Å². The number of aryl methyl sites for hydroxylation is 1. The molecule has 1 heterocycles. The highest BCUT2D eigenvalue weighted by Crippen LogP contribution is 1.99. The zero-order valence-electron chi connectivity index (χ0n) is 9.70. The Labute approximate surface area is 100 Å². The molecule has 94 valence electrons. The van der Waals surface area contributed by atoms with E-state index in [2.05, 4.69) is 0 Å². The maximum absolute atomic E-state index is 11.5. The Morgan fingerprint density at radius 2 is 1.88 bits per heavy atom. The SMILES string of the molecule is CN(C)C(=O)[n+]1ccc(CCS(=O)(=O)O)cc1. The van der Waals surface area contributed by atoms with Crippen LogP contribution in [0.1, 0.15) is 5.56 Å². The number of nitrogens with zero attached hydrogens (tertiary/aromatic N) is 2. The standard InChI is InChI=1S/C10H14N2O4S/c1-11(2)10(13)12-6-3-9(4-7-12)5-8-17(14,15)16/h3-4,6-7H,5,8H2,1-2H3/p+1. The van der Waals surface area contributed by atoms with Gasteiger partial charge in [-0.05, 0) is 24.1 Å². The van der Waals surface area contributed by atoms with Crippen LogP contribution < -0.4 is 4.57 Å². The molecule has 0 unspecified atom stereocenters. The molecule has 1 N–H and O–H groups in total. The first-order valence-corrected chi connectivity index (χ1v) is 6.57. The number of carbonyl (C=O) groups is 1. The van der Waals surface area contributed by atoms with Crippen molar-refractivity contribution in [3.63, 3.8) is 0 Å². The Balaban J connectivity index is 2.72. The number of pyridine rings is 1. The quantitative estimate of drug-likeness (QED) is 0.609. The molecule has 0 aliphatic carbocycles. The predicted octanol–water partition coefficient (Wildman–Crippen LogP) is -0.0659. The Morgan fingerprint density at radius 1 is 1.35 bits per heavy atom. The van der Waals surface area contributed by atoms with Crippen molar-refractivity contribution in [1.82, 2.24) is 4.90 Å². The van der Waals surface area contributed by atoms with Gasteiger partial charge in [0.05, 0.1) is 32.2 Å². The van der Waals surface area contributed by atoms with Crippen LogP contribution in [-0.4, -0.2) is 43.7 Å². The number of aromatic nitrogens is 1. The van der Waals surface area contributed by atoms with Crippen LogP contribution in [0.15, 0.2) is 24.5 Å². The zero-order valence-corrected chi connectivity index (χ0v) is 10.5. The van der Waals surface area contributed by atoms with Gasteiger partial charge in [-0.15, -0.1) is 0 Å². The molecule has 7 heteroatoms. The molecule has 1 rings (SSSR count). The van der Waals surface area contributed by atoms with Crippen molar-refractivity contribution in [3.8, 4) is 0 Å². The van der Waals surface area contributed by atoms with Gasteiger partial charge in [-0.1, -0.05) is 0 Å². The normalized spacial score (nSPS) is 11.2. The Hall–Kier alpha value is -1.47. The van der Waals surface area contributed by atoms with E-state index in [9.17, 15) is 13.2 Å². The van der Waals surface area contributed by atoms with Gasteiger partial charge in [-0.3, -0.25) is 4.55 Å². The van der Waals surface area contributed by atoms with Gasteiger partial charge in [0.25, 0.3) is 10.1 Å². The first-order valence-electron chi connectivity index (χ1n) is 4.96.